The van der Waals surface area contributed by atoms with Gasteiger partial charge in [-0.15, -0.1) is 5.10 Å². The minimum Gasteiger partial charge on any atom is -0.396 e. The van der Waals surface area contributed by atoms with Gasteiger partial charge in [-0.2, -0.15) is 0 Å². The largest absolute Gasteiger partial charge is 0.396 e. The predicted molar refractivity (Wildman–Crippen MR) is 65.8 cm³/mol. The van der Waals surface area contributed by atoms with Crippen LogP contribution in [0.2, 0.25) is 0 Å². The van der Waals surface area contributed by atoms with Crippen LogP contribution in [0.5, 0.6) is 0 Å². The molecule has 0 aromatic carbocycles. The highest BCUT2D eigenvalue weighted by molar-refractivity contribution is 4.92. The molecule has 6 heteroatoms. The van der Waals surface area contributed by atoms with E-state index < -0.39 is 0 Å². The molecule has 2 aliphatic rings. The van der Waals surface area contributed by atoms with Crippen molar-refractivity contribution >= 4 is 0 Å². The highest BCUT2D eigenvalue weighted by Crippen LogP contribution is 2.35. The van der Waals surface area contributed by atoms with Gasteiger partial charge in [-0.3, -0.25) is 4.90 Å². The molecule has 1 saturated heterocycles. The molecule has 0 amide bonds. The number of hydrogen-bond donors (Lipinski definition) is 1. The van der Waals surface area contributed by atoms with Gasteiger partial charge in [0.25, 0.3) is 0 Å². The molecule has 3 rings (SSSR count). The molecule has 100 valence electrons. The molecule has 6 nitrogen and oxygen atoms in total. The summed E-state index contributed by atoms with van der Waals surface area (Å²) in [5, 5.41) is 21.0. The molecule has 0 bridgehead atoms. The van der Waals surface area contributed by atoms with E-state index in [2.05, 4.69) is 20.4 Å². The van der Waals surface area contributed by atoms with Crippen LogP contribution in [0.15, 0.2) is 0 Å². The molecule has 1 aromatic heterocycles. The van der Waals surface area contributed by atoms with Crippen molar-refractivity contribution < 1.29 is 5.11 Å². The highest BCUT2D eigenvalue weighted by atomic mass is 16.2. The second-order valence-electron chi connectivity index (χ2n) is 5.40. The maximum absolute atomic E-state index is 8.94. The molecular weight excluding hydrogens is 230 g/mol. The van der Waals surface area contributed by atoms with Crippen molar-refractivity contribution in [3.05, 3.63) is 5.82 Å². The zero-order chi connectivity index (χ0) is 12.4. The normalized spacial score (nSPS) is 24.8. The fourth-order valence-corrected chi connectivity index (χ4v) is 2.86. The number of aliphatic hydroxyl groups excluding tert-OH is 1. The molecule has 18 heavy (non-hydrogen) atoms. The minimum absolute atomic E-state index is 0.296. The van der Waals surface area contributed by atoms with E-state index in [4.69, 9.17) is 5.11 Å². The van der Waals surface area contributed by atoms with Crippen LogP contribution in [0.4, 0.5) is 0 Å². The van der Waals surface area contributed by atoms with Crippen molar-refractivity contribution in [1.29, 1.82) is 0 Å². The molecule has 1 aliphatic carbocycles. The lowest BCUT2D eigenvalue weighted by Gasteiger charge is -2.23. The van der Waals surface area contributed by atoms with E-state index in [1.165, 1.54) is 25.7 Å². The molecule has 1 aromatic rings. The molecule has 1 N–H and O–H groups in total. The maximum atomic E-state index is 8.94. The zero-order valence-electron chi connectivity index (χ0n) is 10.7. The SMILES string of the molecule is OCCCC1CCCN1Cc1nnnn1C1CC1. The van der Waals surface area contributed by atoms with E-state index in [9.17, 15) is 0 Å². The standard InChI is InChI=1S/C12H21N5O/c18-8-2-4-10-3-1-7-16(10)9-12-13-14-15-17(12)11-5-6-11/h10-11,18H,1-9H2. The van der Waals surface area contributed by atoms with Crippen molar-refractivity contribution in [2.24, 2.45) is 0 Å². The average molecular weight is 251 g/mol. The molecule has 1 unspecified atom stereocenters. The number of likely N-dealkylation sites (tertiary alicyclic amines) is 1. The third-order valence-electron chi connectivity index (χ3n) is 3.99. The quantitative estimate of drug-likeness (QED) is 0.808. The second-order valence-corrected chi connectivity index (χ2v) is 5.40. The summed E-state index contributed by atoms with van der Waals surface area (Å²) in [5.74, 6) is 1.01. The molecule has 1 aliphatic heterocycles. The Labute approximate surface area is 107 Å². The van der Waals surface area contributed by atoms with Crippen molar-refractivity contribution in [2.75, 3.05) is 13.2 Å². The summed E-state index contributed by atoms with van der Waals surface area (Å²) in [6, 6.07) is 1.15. The van der Waals surface area contributed by atoms with Gasteiger partial charge in [0.2, 0.25) is 0 Å². The van der Waals surface area contributed by atoms with Gasteiger partial charge in [0.15, 0.2) is 5.82 Å². The molecule has 0 radical (unpaired) electrons. The summed E-state index contributed by atoms with van der Waals surface area (Å²) in [7, 11) is 0. The average Bonchev–Trinajstić information content (AvgIpc) is 2.96. The van der Waals surface area contributed by atoms with Crippen LogP contribution in [-0.4, -0.2) is 49.4 Å². The van der Waals surface area contributed by atoms with Crippen LogP contribution in [0.3, 0.4) is 0 Å². The second kappa shape index (κ2) is 5.32. The molecule has 2 fully saturated rings. The van der Waals surface area contributed by atoms with Crippen LogP contribution >= 0.6 is 0 Å². The van der Waals surface area contributed by atoms with Crippen molar-refractivity contribution in [2.45, 2.75) is 57.2 Å². The molecule has 2 heterocycles. The van der Waals surface area contributed by atoms with E-state index in [1.807, 2.05) is 4.68 Å². The first-order chi connectivity index (χ1) is 8.88. The van der Waals surface area contributed by atoms with Gasteiger partial charge in [-0.05, 0) is 55.5 Å². The first kappa shape index (κ1) is 12.0. The summed E-state index contributed by atoms with van der Waals surface area (Å²) in [4.78, 5) is 2.47. The lowest BCUT2D eigenvalue weighted by Crippen LogP contribution is -2.30. The molecule has 1 atom stereocenters. The van der Waals surface area contributed by atoms with E-state index in [1.54, 1.807) is 0 Å². The lowest BCUT2D eigenvalue weighted by molar-refractivity contribution is 0.203. The van der Waals surface area contributed by atoms with Gasteiger partial charge in [-0.1, -0.05) is 0 Å². The molecule has 1 saturated carbocycles. The van der Waals surface area contributed by atoms with Crippen LogP contribution in [0, 0.1) is 0 Å². The fraction of sp³-hybridized carbons (Fsp3) is 0.917. The predicted octanol–water partition coefficient (Wildman–Crippen LogP) is 0.745. The van der Waals surface area contributed by atoms with Gasteiger partial charge in [-0.25, -0.2) is 4.68 Å². The molecular formula is C12H21N5O. The Morgan fingerprint density at radius 2 is 2.17 bits per heavy atom. The third-order valence-corrected chi connectivity index (χ3v) is 3.99. The minimum atomic E-state index is 0.296. The van der Waals surface area contributed by atoms with Gasteiger partial charge >= 0.3 is 0 Å². The van der Waals surface area contributed by atoms with E-state index in [0.29, 0.717) is 18.7 Å². The van der Waals surface area contributed by atoms with E-state index >= 15 is 0 Å². The van der Waals surface area contributed by atoms with E-state index in [-0.39, 0.29) is 0 Å². The monoisotopic (exact) mass is 251 g/mol. The van der Waals surface area contributed by atoms with Crippen LogP contribution in [0.25, 0.3) is 0 Å². The highest BCUT2D eigenvalue weighted by Gasteiger charge is 2.30. The number of aromatic nitrogens is 4. The summed E-state index contributed by atoms with van der Waals surface area (Å²) in [5.41, 5.74) is 0. The summed E-state index contributed by atoms with van der Waals surface area (Å²) in [6.45, 7) is 2.29. The van der Waals surface area contributed by atoms with Crippen molar-refractivity contribution in [3.63, 3.8) is 0 Å². The first-order valence-electron chi connectivity index (χ1n) is 7.00. The topological polar surface area (TPSA) is 67.1 Å². The number of aliphatic hydroxyl groups is 1. The number of hydrogen-bond acceptors (Lipinski definition) is 5. The van der Waals surface area contributed by atoms with Gasteiger partial charge in [0.1, 0.15) is 0 Å². The Morgan fingerprint density at radius 1 is 1.28 bits per heavy atom. The Bertz CT molecular complexity index is 390. The molecule has 0 spiro atoms. The van der Waals surface area contributed by atoms with Crippen LogP contribution < -0.4 is 0 Å². The Balaban J connectivity index is 1.62. The van der Waals surface area contributed by atoms with Crippen molar-refractivity contribution in [3.8, 4) is 0 Å². The number of tetrazole rings is 1. The Hall–Kier alpha value is -1.01. The first-order valence-corrected chi connectivity index (χ1v) is 7.00. The lowest BCUT2D eigenvalue weighted by atomic mass is 10.1. The Morgan fingerprint density at radius 3 is 2.94 bits per heavy atom. The van der Waals surface area contributed by atoms with Crippen LogP contribution in [0.1, 0.15) is 50.4 Å². The van der Waals surface area contributed by atoms with Gasteiger partial charge in [0.05, 0.1) is 12.6 Å². The summed E-state index contributed by atoms with van der Waals surface area (Å²) in [6.07, 6.45) is 6.90. The Kier molecular flexibility index (Phi) is 3.56. The summed E-state index contributed by atoms with van der Waals surface area (Å²) >= 11 is 0. The fourth-order valence-electron chi connectivity index (χ4n) is 2.86. The van der Waals surface area contributed by atoms with E-state index in [0.717, 1.165) is 31.8 Å². The zero-order valence-corrected chi connectivity index (χ0v) is 10.7. The van der Waals surface area contributed by atoms with Gasteiger partial charge < -0.3 is 5.11 Å². The smallest absolute Gasteiger partial charge is 0.165 e. The van der Waals surface area contributed by atoms with Crippen molar-refractivity contribution in [1.82, 2.24) is 25.1 Å². The van der Waals surface area contributed by atoms with Crippen LogP contribution in [-0.2, 0) is 6.54 Å². The number of nitrogens with zero attached hydrogens (tertiary/aromatic N) is 5. The number of rotatable bonds is 6. The third kappa shape index (κ3) is 2.54. The maximum Gasteiger partial charge on any atom is 0.165 e. The summed E-state index contributed by atoms with van der Waals surface area (Å²) < 4.78 is 2.00. The van der Waals surface area contributed by atoms with Gasteiger partial charge in [0, 0.05) is 12.6 Å².